The van der Waals surface area contributed by atoms with E-state index in [4.69, 9.17) is 0 Å². The second-order valence-corrected chi connectivity index (χ2v) is 6.86. The molecule has 0 saturated carbocycles. The van der Waals surface area contributed by atoms with Crippen molar-refractivity contribution in [2.45, 2.75) is 6.92 Å². The standard InChI is InChI=1S/C16H14BrIN2O2/c1-10-7-12(17)5-6-14(10)20-15(21)9-19-16(22)11-3-2-4-13(18)8-11/h2-8H,9H2,1H3,(H,19,22)(H,20,21). The van der Waals surface area contributed by atoms with Gasteiger partial charge in [-0.1, -0.05) is 22.0 Å². The van der Waals surface area contributed by atoms with Crippen LogP contribution in [-0.2, 0) is 4.79 Å². The van der Waals surface area contributed by atoms with E-state index in [1.807, 2.05) is 37.3 Å². The summed E-state index contributed by atoms with van der Waals surface area (Å²) in [6.45, 7) is 1.84. The van der Waals surface area contributed by atoms with Gasteiger partial charge in [0.05, 0.1) is 6.54 Å². The molecule has 0 atom stereocenters. The van der Waals surface area contributed by atoms with Crippen molar-refractivity contribution in [3.05, 3.63) is 61.6 Å². The minimum Gasteiger partial charge on any atom is -0.343 e. The van der Waals surface area contributed by atoms with E-state index in [1.54, 1.807) is 12.1 Å². The van der Waals surface area contributed by atoms with Gasteiger partial charge in [0.15, 0.2) is 0 Å². The normalized spacial score (nSPS) is 10.1. The van der Waals surface area contributed by atoms with Crippen molar-refractivity contribution < 1.29 is 9.59 Å². The Balaban J connectivity index is 1.91. The Hall–Kier alpha value is -1.41. The number of aryl methyl sites for hydroxylation is 1. The molecule has 0 aliphatic carbocycles. The van der Waals surface area contributed by atoms with Gasteiger partial charge >= 0.3 is 0 Å². The van der Waals surface area contributed by atoms with Gasteiger partial charge in [0.1, 0.15) is 0 Å². The third kappa shape index (κ3) is 4.81. The van der Waals surface area contributed by atoms with Crippen molar-refractivity contribution in [2.75, 3.05) is 11.9 Å². The molecule has 2 aromatic rings. The van der Waals surface area contributed by atoms with Crippen LogP contribution in [0.1, 0.15) is 15.9 Å². The monoisotopic (exact) mass is 472 g/mol. The molecular formula is C16H14BrIN2O2. The summed E-state index contributed by atoms with van der Waals surface area (Å²) in [6, 6.07) is 12.8. The molecule has 4 nitrogen and oxygen atoms in total. The molecule has 22 heavy (non-hydrogen) atoms. The van der Waals surface area contributed by atoms with Gasteiger partial charge in [-0.05, 0) is 71.5 Å². The van der Waals surface area contributed by atoms with E-state index < -0.39 is 0 Å². The van der Waals surface area contributed by atoms with Crippen LogP contribution in [0.2, 0.25) is 0 Å². The van der Waals surface area contributed by atoms with Crippen molar-refractivity contribution in [1.29, 1.82) is 0 Å². The zero-order valence-corrected chi connectivity index (χ0v) is 15.6. The summed E-state index contributed by atoms with van der Waals surface area (Å²) < 4.78 is 1.93. The zero-order valence-electron chi connectivity index (χ0n) is 11.8. The lowest BCUT2D eigenvalue weighted by Crippen LogP contribution is -2.33. The first kappa shape index (κ1) is 17.0. The zero-order chi connectivity index (χ0) is 16.1. The summed E-state index contributed by atoms with van der Waals surface area (Å²) in [5.74, 6) is -0.523. The van der Waals surface area contributed by atoms with Gasteiger partial charge in [0, 0.05) is 19.3 Å². The van der Waals surface area contributed by atoms with Gasteiger partial charge in [-0.25, -0.2) is 0 Å². The Labute approximate surface area is 151 Å². The van der Waals surface area contributed by atoms with E-state index in [0.717, 1.165) is 19.3 Å². The molecule has 0 radical (unpaired) electrons. The second kappa shape index (κ2) is 7.73. The number of hydrogen-bond acceptors (Lipinski definition) is 2. The fraction of sp³-hybridized carbons (Fsp3) is 0.125. The van der Waals surface area contributed by atoms with Crippen LogP contribution in [0.4, 0.5) is 5.69 Å². The lowest BCUT2D eigenvalue weighted by Gasteiger charge is -2.09. The summed E-state index contributed by atoms with van der Waals surface area (Å²) in [7, 11) is 0. The summed E-state index contributed by atoms with van der Waals surface area (Å²) in [4.78, 5) is 23.9. The van der Waals surface area contributed by atoms with E-state index in [-0.39, 0.29) is 18.4 Å². The maximum atomic E-state index is 12.0. The highest BCUT2D eigenvalue weighted by molar-refractivity contribution is 14.1. The van der Waals surface area contributed by atoms with Crippen LogP contribution in [0.3, 0.4) is 0 Å². The van der Waals surface area contributed by atoms with Crippen LogP contribution in [0, 0.1) is 10.5 Å². The van der Waals surface area contributed by atoms with Gasteiger partial charge < -0.3 is 10.6 Å². The molecule has 2 N–H and O–H groups in total. The molecule has 0 bridgehead atoms. The van der Waals surface area contributed by atoms with Crippen molar-refractivity contribution in [3.63, 3.8) is 0 Å². The fourth-order valence-corrected chi connectivity index (χ4v) is 2.87. The molecule has 114 valence electrons. The Bertz CT molecular complexity index is 719. The third-order valence-corrected chi connectivity index (χ3v) is 4.12. The molecule has 0 aliphatic heterocycles. The second-order valence-electron chi connectivity index (χ2n) is 4.70. The highest BCUT2D eigenvalue weighted by Crippen LogP contribution is 2.19. The molecule has 0 fully saturated rings. The van der Waals surface area contributed by atoms with Crippen LogP contribution in [-0.4, -0.2) is 18.4 Å². The Morgan fingerprint density at radius 1 is 1.18 bits per heavy atom. The summed E-state index contributed by atoms with van der Waals surface area (Å²) in [6.07, 6.45) is 0. The van der Waals surface area contributed by atoms with Crippen LogP contribution in [0.25, 0.3) is 0 Å². The number of amides is 2. The lowest BCUT2D eigenvalue weighted by atomic mass is 10.2. The molecule has 2 rings (SSSR count). The smallest absolute Gasteiger partial charge is 0.251 e. The maximum absolute atomic E-state index is 12.0. The average molecular weight is 473 g/mol. The van der Waals surface area contributed by atoms with Crippen LogP contribution in [0.5, 0.6) is 0 Å². The number of nitrogens with one attached hydrogen (secondary N) is 2. The van der Waals surface area contributed by atoms with Gasteiger partial charge in [0.2, 0.25) is 5.91 Å². The van der Waals surface area contributed by atoms with Crippen molar-refractivity contribution >= 4 is 56.0 Å². The minimum atomic E-state index is -0.263. The molecular weight excluding hydrogens is 459 g/mol. The van der Waals surface area contributed by atoms with E-state index in [0.29, 0.717) is 5.56 Å². The number of carbonyl (C=O) groups is 2. The van der Waals surface area contributed by atoms with E-state index in [1.165, 1.54) is 0 Å². The molecule has 0 aromatic heterocycles. The molecule has 0 spiro atoms. The number of anilines is 1. The number of rotatable bonds is 4. The maximum Gasteiger partial charge on any atom is 0.251 e. The first-order valence-electron chi connectivity index (χ1n) is 6.55. The highest BCUT2D eigenvalue weighted by Gasteiger charge is 2.09. The number of hydrogen-bond donors (Lipinski definition) is 2. The topological polar surface area (TPSA) is 58.2 Å². The Morgan fingerprint density at radius 2 is 1.95 bits per heavy atom. The van der Waals surface area contributed by atoms with Gasteiger partial charge in [-0.15, -0.1) is 0 Å². The first-order chi connectivity index (χ1) is 10.5. The van der Waals surface area contributed by atoms with Gasteiger partial charge in [-0.3, -0.25) is 9.59 Å². The quantitative estimate of drug-likeness (QED) is 0.666. The van der Waals surface area contributed by atoms with E-state index >= 15 is 0 Å². The minimum absolute atomic E-state index is 0.0696. The number of carbonyl (C=O) groups excluding carboxylic acids is 2. The fourth-order valence-electron chi connectivity index (χ4n) is 1.85. The summed E-state index contributed by atoms with van der Waals surface area (Å²) >= 11 is 5.51. The summed E-state index contributed by atoms with van der Waals surface area (Å²) in [5, 5.41) is 5.39. The predicted molar refractivity (Wildman–Crippen MR) is 99.0 cm³/mol. The van der Waals surface area contributed by atoms with Crippen LogP contribution < -0.4 is 10.6 Å². The molecule has 2 aromatic carbocycles. The first-order valence-corrected chi connectivity index (χ1v) is 8.42. The van der Waals surface area contributed by atoms with Crippen LogP contribution in [0.15, 0.2) is 46.9 Å². The molecule has 0 saturated heterocycles. The third-order valence-electron chi connectivity index (χ3n) is 2.96. The largest absolute Gasteiger partial charge is 0.343 e. The number of halogens is 2. The van der Waals surface area contributed by atoms with Crippen molar-refractivity contribution in [3.8, 4) is 0 Å². The van der Waals surface area contributed by atoms with E-state index in [2.05, 4.69) is 49.2 Å². The highest BCUT2D eigenvalue weighted by atomic mass is 127. The van der Waals surface area contributed by atoms with Crippen LogP contribution >= 0.6 is 38.5 Å². The molecule has 6 heteroatoms. The van der Waals surface area contributed by atoms with Gasteiger partial charge in [-0.2, -0.15) is 0 Å². The predicted octanol–water partition coefficient (Wildman–Crippen LogP) is 3.73. The average Bonchev–Trinajstić information content (AvgIpc) is 2.47. The summed E-state index contributed by atoms with van der Waals surface area (Å²) in [5.41, 5.74) is 2.22. The molecule has 2 amide bonds. The Kier molecular flexibility index (Phi) is 5.96. The Morgan fingerprint density at radius 3 is 2.64 bits per heavy atom. The van der Waals surface area contributed by atoms with Gasteiger partial charge in [0.25, 0.3) is 5.91 Å². The SMILES string of the molecule is Cc1cc(Br)ccc1NC(=O)CNC(=O)c1cccc(I)c1. The molecule has 0 aliphatic rings. The van der Waals surface area contributed by atoms with Crippen molar-refractivity contribution in [1.82, 2.24) is 5.32 Å². The molecule has 0 unspecified atom stereocenters. The molecule has 0 heterocycles. The van der Waals surface area contributed by atoms with E-state index in [9.17, 15) is 9.59 Å². The lowest BCUT2D eigenvalue weighted by molar-refractivity contribution is -0.115. The number of benzene rings is 2. The van der Waals surface area contributed by atoms with Crippen molar-refractivity contribution in [2.24, 2.45) is 0 Å².